The van der Waals surface area contributed by atoms with E-state index >= 15 is 0 Å². The van der Waals surface area contributed by atoms with Gasteiger partial charge in [-0.25, -0.2) is 17.9 Å². The predicted molar refractivity (Wildman–Crippen MR) is 56.1 cm³/mol. The summed E-state index contributed by atoms with van der Waals surface area (Å²) < 4.78 is 39.5. The van der Waals surface area contributed by atoms with E-state index in [9.17, 15) is 17.6 Å². The minimum atomic E-state index is -3.86. The molecule has 0 aliphatic carbocycles. The highest BCUT2D eigenvalue weighted by Crippen LogP contribution is 2.23. The first kappa shape index (κ1) is 13.1. The third-order valence-corrected chi connectivity index (χ3v) is 3.72. The number of halogens is 1. The monoisotopic (exact) mass is 267 g/mol. The van der Waals surface area contributed by atoms with Crippen molar-refractivity contribution in [2.24, 2.45) is 5.14 Å². The van der Waals surface area contributed by atoms with Crippen LogP contribution in [0.2, 0.25) is 0 Å². The van der Waals surface area contributed by atoms with Crippen molar-refractivity contribution in [1.82, 2.24) is 0 Å². The maximum atomic E-state index is 13.1. The quantitative estimate of drug-likeness (QED) is 0.817. The molecule has 0 aromatic carbocycles. The summed E-state index contributed by atoms with van der Waals surface area (Å²) in [6.45, 7) is 1.07. The maximum Gasteiger partial charge on any atom is 0.305 e. The normalized spacial score (nSPS) is 13.4. The van der Waals surface area contributed by atoms with E-state index in [0.717, 1.165) is 18.3 Å². The largest absolute Gasteiger partial charge is 0.431 e. The standard InChI is InChI=1S/C8H10FNO4S2/c1-5(11)14-8(9)4-6-7(2-3-15-6)16(10,12)13/h2-3,8H,4H2,1H3,(H2,10,12,13). The fraction of sp³-hybridized carbons (Fsp3) is 0.375. The van der Waals surface area contributed by atoms with Gasteiger partial charge in [-0.05, 0) is 11.4 Å². The fourth-order valence-corrected chi connectivity index (χ4v) is 3.12. The number of carbonyl (C=O) groups is 1. The molecule has 0 spiro atoms. The van der Waals surface area contributed by atoms with Gasteiger partial charge in [0.25, 0.3) is 0 Å². The molecular weight excluding hydrogens is 257 g/mol. The van der Waals surface area contributed by atoms with Crippen molar-refractivity contribution in [2.75, 3.05) is 0 Å². The van der Waals surface area contributed by atoms with Gasteiger partial charge in [0.05, 0.1) is 11.3 Å². The fourth-order valence-electron chi connectivity index (χ4n) is 1.10. The van der Waals surface area contributed by atoms with E-state index in [1.54, 1.807) is 0 Å². The average molecular weight is 267 g/mol. The lowest BCUT2D eigenvalue weighted by Crippen LogP contribution is -2.17. The summed E-state index contributed by atoms with van der Waals surface area (Å²) in [4.78, 5) is 10.6. The van der Waals surface area contributed by atoms with Crippen LogP contribution in [0.25, 0.3) is 0 Å². The molecule has 16 heavy (non-hydrogen) atoms. The molecule has 1 aromatic heterocycles. The van der Waals surface area contributed by atoms with E-state index in [4.69, 9.17) is 5.14 Å². The van der Waals surface area contributed by atoms with Gasteiger partial charge in [0.2, 0.25) is 16.4 Å². The molecule has 0 aliphatic heterocycles. The molecule has 1 rings (SSSR count). The third-order valence-electron chi connectivity index (χ3n) is 1.65. The lowest BCUT2D eigenvalue weighted by molar-refractivity contribution is -0.154. The summed E-state index contributed by atoms with van der Waals surface area (Å²) in [7, 11) is -3.86. The second-order valence-electron chi connectivity index (χ2n) is 2.98. The number of hydrogen-bond acceptors (Lipinski definition) is 5. The van der Waals surface area contributed by atoms with E-state index in [1.165, 1.54) is 11.4 Å². The van der Waals surface area contributed by atoms with Crippen molar-refractivity contribution >= 4 is 27.3 Å². The van der Waals surface area contributed by atoms with Crippen LogP contribution in [0, 0.1) is 0 Å². The van der Waals surface area contributed by atoms with Gasteiger partial charge in [0.15, 0.2) is 0 Å². The number of hydrogen-bond donors (Lipinski definition) is 1. The molecule has 2 N–H and O–H groups in total. The highest BCUT2D eigenvalue weighted by Gasteiger charge is 2.19. The molecule has 0 saturated carbocycles. The van der Waals surface area contributed by atoms with E-state index in [0.29, 0.717) is 0 Å². The summed E-state index contributed by atoms with van der Waals surface area (Å²) in [6, 6.07) is 1.29. The zero-order chi connectivity index (χ0) is 12.3. The Hall–Kier alpha value is -0.990. The second-order valence-corrected chi connectivity index (χ2v) is 5.51. The number of sulfonamides is 1. The number of carbonyl (C=O) groups excluding carboxylic acids is 1. The van der Waals surface area contributed by atoms with E-state index < -0.39 is 22.4 Å². The van der Waals surface area contributed by atoms with Crippen molar-refractivity contribution in [1.29, 1.82) is 0 Å². The zero-order valence-electron chi connectivity index (χ0n) is 8.34. The van der Waals surface area contributed by atoms with Crippen molar-refractivity contribution in [3.63, 3.8) is 0 Å². The van der Waals surface area contributed by atoms with Crippen molar-refractivity contribution in [2.45, 2.75) is 24.6 Å². The maximum absolute atomic E-state index is 13.1. The number of primary sulfonamides is 1. The predicted octanol–water partition coefficient (Wildman–Crippen LogP) is 0.797. The van der Waals surface area contributed by atoms with Crippen molar-refractivity contribution in [3.8, 4) is 0 Å². The summed E-state index contributed by atoms with van der Waals surface area (Å²) >= 11 is 1.04. The van der Waals surface area contributed by atoms with Gasteiger partial charge in [-0.15, -0.1) is 11.3 Å². The zero-order valence-corrected chi connectivity index (χ0v) is 9.98. The van der Waals surface area contributed by atoms with Gasteiger partial charge in [0.1, 0.15) is 0 Å². The molecule has 0 saturated heterocycles. The van der Waals surface area contributed by atoms with Crippen LogP contribution < -0.4 is 5.14 Å². The first-order valence-electron chi connectivity index (χ1n) is 4.21. The lowest BCUT2D eigenvalue weighted by Gasteiger charge is -2.07. The topological polar surface area (TPSA) is 86.5 Å². The van der Waals surface area contributed by atoms with E-state index in [1.807, 2.05) is 0 Å². The average Bonchev–Trinajstić information content (AvgIpc) is 2.48. The van der Waals surface area contributed by atoms with Gasteiger partial charge in [-0.3, -0.25) is 4.79 Å². The summed E-state index contributed by atoms with van der Waals surface area (Å²) in [5.74, 6) is -0.763. The Balaban J connectivity index is 2.83. The Morgan fingerprint density at radius 1 is 1.69 bits per heavy atom. The number of rotatable bonds is 4. The number of ether oxygens (including phenoxy) is 1. The molecule has 1 unspecified atom stereocenters. The summed E-state index contributed by atoms with van der Waals surface area (Å²) in [6.07, 6.45) is -2.18. The Morgan fingerprint density at radius 2 is 2.31 bits per heavy atom. The molecule has 0 aliphatic rings. The van der Waals surface area contributed by atoms with Crippen LogP contribution in [0.4, 0.5) is 4.39 Å². The number of esters is 1. The minimum absolute atomic E-state index is 0.132. The first-order chi connectivity index (χ1) is 7.30. The molecule has 0 bridgehead atoms. The third kappa shape index (κ3) is 3.54. The van der Waals surface area contributed by atoms with Crippen LogP contribution >= 0.6 is 11.3 Å². The Kier molecular flexibility index (Phi) is 4.00. The SMILES string of the molecule is CC(=O)OC(F)Cc1sccc1S(N)(=O)=O. The molecule has 0 amide bonds. The van der Waals surface area contributed by atoms with Gasteiger partial charge >= 0.3 is 5.97 Å². The Bertz CT molecular complexity index is 482. The van der Waals surface area contributed by atoms with Gasteiger partial charge < -0.3 is 4.74 Å². The van der Waals surface area contributed by atoms with E-state index in [-0.39, 0.29) is 16.2 Å². The molecule has 1 aromatic rings. The van der Waals surface area contributed by atoms with Gasteiger partial charge in [-0.2, -0.15) is 0 Å². The highest BCUT2D eigenvalue weighted by molar-refractivity contribution is 7.89. The first-order valence-corrected chi connectivity index (χ1v) is 6.63. The van der Waals surface area contributed by atoms with Gasteiger partial charge in [-0.1, -0.05) is 0 Å². The molecule has 5 nitrogen and oxygen atoms in total. The van der Waals surface area contributed by atoms with Crippen LogP contribution in [0.3, 0.4) is 0 Å². The highest BCUT2D eigenvalue weighted by atomic mass is 32.2. The van der Waals surface area contributed by atoms with Crippen LogP contribution in [0.15, 0.2) is 16.3 Å². The lowest BCUT2D eigenvalue weighted by atomic mass is 10.3. The molecule has 0 fully saturated rings. The second kappa shape index (κ2) is 4.89. The van der Waals surface area contributed by atoms with Crippen LogP contribution in [0.5, 0.6) is 0 Å². The molecule has 90 valence electrons. The molecule has 0 radical (unpaired) electrons. The van der Waals surface area contributed by atoms with Crippen molar-refractivity contribution in [3.05, 3.63) is 16.3 Å². The Labute approximate surface area is 96.1 Å². The molecular formula is C8H10FNO4S2. The molecule has 8 heteroatoms. The molecule has 1 atom stereocenters. The van der Waals surface area contributed by atoms with Gasteiger partial charge in [0, 0.05) is 11.8 Å². The molecule has 1 heterocycles. The summed E-state index contributed by atoms with van der Waals surface area (Å²) in [5.41, 5.74) is 0. The summed E-state index contributed by atoms with van der Waals surface area (Å²) in [5, 5.41) is 6.41. The Morgan fingerprint density at radius 3 is 2.81 bits per heavy atom. The van der Waals surface area contributed by atoms with Crippen LogP contribution in [-0.2, 0) is 26.0 Å². The number of thiophene rings is 1. The minimum Gasteiger partial charge on any atom is -0.431 e. The van der Waals surface area contributed by atoms with Crippen molar-refractivity contribution < 1.29 is 22.3 Å². The smallest absolute Gasteiger partial charge is 0.305 e. The number of nitrogens with two attached hydrogens (primary N) is 1. The number of alkyl halides is 1. The van der Waals surface area contributed by atoms with Crippen LogP contribution in [-0.4, -0.2) is 20.7 Å². The van der Waals surface area contributed by atoms with Crippen LogP contribution in [0.1, 0.15) is 11.8 Å². The van der Waals surface area contributed by atoms with E-state index in [2.05, 4.69) is 4.74 Å².